The number of hydrogen-bond acceptors (Lipinski definition) is 2. The van der Waals surface area contributed by atoms with Crippen LogP contribution in [0.15, 0.2) is 49.1 Å². The number of imidazole rings is 1. The molecule has 1 aliphatic carbocycles. The molecule has 4 nitrogen and oxygen atoms in total. The minimum atomic E-state index is 0.112. The normalized spacial score (nSPS) is 20.0. The van der Waals surface area contributed by atoms with Crippen LogP contribution in [0.2, 0.25) is 0 Å². The zero-order valence-corrected chi connectivity index (χ0v) is 15.1. The Morgan fingerprint density at radius 2 is 2.08 bits per heavy atom. The molecule has 1 N–H and O–H groups in total. The van der Waals surface area contributed by atoms with Crippen molar-refractivity contribution in [1.82, 2.24) is 14.9 Å². The van der Waals surface area contributed by atoms with Crippen LogP contribution >= 0.6 is 0 Å². The molecule has 1 fully saturated rings. The van der Waals surface area contributed by atoms with Crippen LogP contribution < -0.4 is 5.32 Å². The lowest BCUT2D eigenvalue weighted by molar-refractivity contribution is -0.121. The Kier molecular flexibility index (Phi) is 5.69. The van der Waals surface area contributed by atoms with Crippen LogP contribution in [-0.4, -0.2) is 21.5 Å². The summed E-state index contributed by atoms with van der Waals surface area (Å²) in [7, 11) is 0. The average Bonchev–Trinajstić information content (AvgIpc) is 3.06. The van der Waals surface area contributed by atoms with Gasteiger partial charge in [0, 0.05) is 31.4 Å². The summed E-state index contributed by atoms with van der Waals surface area (Å²) in [5, 5.41) is 3.12. The predicted molar refractivity (Wildman–Crippen MR) is 101 cm³/mol. The second kappa shape index (κ2) is 8.15. The number of nitrogens with one attached hydrogen (secondary N) is 1. The number of aromatic nitrogens is 2. The van der Waals surface area contributed by atoms with Gasteiger partial charge in [-0.15, -0.1) is 0 Å². The van der Waals surface area contributed by atoms with Crippen LogP contribution in [0.5, 0.6) is 0 Å². The molecule has 1 aromatic carbocycles. The molecule has 1 aromatic heterocycles. The summed E-state index contributed by atoms with van der Waals surface area (Å²) in [4.78, 5) is 16.1. The van der Waals surface area contributed by atoms with E-state index in [4.69, 9.17) is 0 Å². The third kappa shape index (κ3) is 5.05. The summed E-state index contributed by atoms with van der Waals surface area (Å²) in [6.45, 7) is 5.38. The molecule has 0 bridgehead atoms. The molecule has 0 radical (unpaired) electrons. The zero-order chi connectivity index (χ0) is 17.6. The second-order valence-electron chi connectivity index (χ2n) is 7.29. The predicted octanol–water partition coefficient (Wildman–Crippen LogP) is 4.00. The average molecular weight is 337 g/mol. The fraction of sp³-hybridized carbons (Fsp3) is 0.429. The Balaban J connectivity index is 1.36. The van der Waals surface area contributed by atoms with Gasteiger partial charge < -0.3 is 9.88 Å². The fourth-order valence-corrected chi connectivity index (χ4v) is 3.28. The third-order valence-corrected chi connectivity index (χ3v) is 4.85. The SMILES string of the molecule is CC(C)c1ccc(/C=C/CC(=O)NC2CC(Cn3ccnc3)C2)cc1. The fourth-order valence-electron chi connectivity index (χ4n) is 3.28. The summed E-state index contributed by atoms with van der Waals surface area (Å²) in [6, 6.07) is 8.85. The number of hydrogen-bond donors (Lipinski definition) is 1. The van der Waals surface area contributed by atoms with Crippen LogP contribution in [0.4, 0.5) is 0 Å². The third-order valence-electron chi connectivity index (χ3n) is 4.85. The summed E-state index contributed by atoms with van der Waals surface area (Å²) < 4.78 is 2.11. The smallest absolute Gasteiger partial charge is 0.224 e. The van der Waals surface area contributed by atoms with Crippen molar-refractivity contribution in [2.24, 2.45) is 5.92 Å². The number of amides is 1. The van der Waals surface area contributed by atoms with Gasteiger partial charge in [-0.3, -0.25) is 4.79 Å². The van der Waals surface area contributed by atoms with Gasteiger partial charge in [-0.25, -0.2) is 4.98 Å². The van der Waals surface area contributed by atoms with Crippen LogP contribution in [0.1, 0.15) is 50.2 Å². The van der Waals surface area contributed by atoms with E-state index in [2.05, 4.69) is 53.0 Å². The lowest BCUT2D eigenvalue weighted by atomic mass is 9.80. The molecule has 0 aliphatic heterocycles. The van der Waals surface area contributed by atoms with Crippen LogP contribution in [0.3, 0.4) is 0 Å². The highest BCUT2D eigenvalue weighted by atomic mass is 16.1. The maximum Gasteiger partial charge on any atom is 0.224 e. The van der Waals surface area contributed by atoms with Gasteiger partial charge in [0.05, 0.1) is 6.33 Å². The molecule has 132 valence electrons. The molecular weight excluding hydrogens is 310 g/mol. The first-order chi connectivity index (χ1) is 12.1. The second-order valence-corrected chi connectivity index (χ2v) is 7.29. The maximum atomic E-state index is 12.0. The number of nitrogens with zero attached hydrogens (tertiary/aromatic N) is 2. The molecular formula is C21H27N3O. The van der Waals surface area contributed by atoms with Gasteiger partial charge >= 0.3 is 0 Å². The largest absolute Gasteiger partial charge is 0.353 e. The Hall–Kier alpha value is -2.36. The first kappa shape index (κ1) is 17.5. The van der Waals surface area contributed by atoms with Gasteiger partial charge in [0.15, 0.2) is 0 Å². The van der Waals surface area contributed by atoms with Crippen molar-refractivity contribution >= 4 is 12.0 Å². The van der Waals surface area contributed by atoms with E-state index < -0.39 is 0 Å². The monoisotopic (exact) mass is 337 g/mol. The van der Waals surface area contributed by atoms with Crippen molar-refractivity contribution in [3.8, 4) is 0 Å². The Bertz CT molecular complexity index is 695. The standard InChI is InChI=1S/C21H27N3O/c1-16(2)19-8-6-17(7-9-19)4-3-5-21(25)23-20-12-18(13-20)14-24-11-10-22-15-24/h3-4,6-11,15-16,18,20H,5,12-14H2,1-2H3,(H,23,25)/b4-3+. The topological polar surface area (TPSA) is 46.9 Å². The van der Waals surface area contributed by atoms with Crippen LogP contribution in [0.25, 0.3) is 6.08 Å². The molecule has 0 spiro atoms. The van der Waals surface area contributed by atoms with E-state index in [9.17, 15) is 4.79 Å². The molecule has 0 unspecified atom stereocenters. The van der Waals surface area contributed by atoms with Gasteiger partial charge in [0.1, 0.15) is 0 Å². The highest BCUT2D eigenvalue weighted by Gasteiger charge is 2.29. The van der Waals surface area contributed by atoms with E-state index in [0.29, 0.717) is 24.3 Å². The lowest BCUT2D eigenvalue weighted by Gasteiger charge is -2.35. The zero-order valence-electron chi connectivity index (χ0n) is 15.1. The lowest BCUT2D eigenvalue weighted by Crippen LogP contribution is -2.45. The van der Waals surface area contributed by atoms with E-state index in [0.717, 1.165) is 24.9 Å². The Labute approximate surface area is 150 Å². The maximum absolute atomic E-state index is 12.0. The molecule has 25 heavy (non-hydrogen) atoms. The Morgan fingerprint density at radius 1 is 1.32 bits per heavy atom. The molecule has 2 aromatic rings. The van der Waals surface area contributed by atoms with E-state index in [-0.39, 0.29) is 5.91 Å². The molecule has 1 aliphatic rings. The van der Waals surface area contributed by atoms with E-state index >= 15 is 0 Å². The minimum Gasteiger partial charge on any atom is -0.353 e. The number of rotatable bonds is 7. The molecule has 0 saturated heterocycles. The van der Waals surface area contributed by atoms with Crippen molar-refractivity contribution < 1.29 is 4.79 Å². The van der Waals surface area contributed by atoms with E-state index in [1.54, 1.807) is 6.20 Å². The van der Waals surface area contributed by atoms with Crippen molar-refractivity contribution in [2.45, 2.75) is 51.6 Å². The first-order valence-electron chi connectivity index (χ1n) is 9.11. The number of benzene rings is 1. The summed E-state index contributed by atoms with van der Waals surface area (Å²) in [6.07, 6.45) is 12.2. The molecule has 1 amide bonds. The van der Waals surface area contributed by atoms with Gasteiger partial charge in [-0.2, -0.15) is 0 Å². The van der Waals surface area contributed by atoms with Crippen molar-refractivity contribution in [2.75, 3.05) is 0 Å². The summed E-state index contributed by atoms with van der Waals surface area (Å²) >= 11 is 0. The molecule has 1 saturated carbocycles. The minimum absolute atomic E-state index is 0.112. The first-order valence-corrected chi connectivity index (χ1v) is 9.11. The highest BCUT2D eigenvalue weighted by molar-refractivity contribution is 5.78. The van der Waals surface area contributed by atoms with Crippen molar-refractivity contribution in [3.05, 3.63) is 60.2 Å². The van der Waals surface area contributed by atoms with Gasteiger partial charge in [0.25, 0.3) is 0 Å². The molecule has 0 atom stereocenters. The van der Waals surface area contributed by atoms with Gasteiger partial charge in [-0.05, 0) is 35.8 Å². The molecule has 1 heterocycles. The quantitative estimate of drug-likeness (QED) is 0.830. The van der Waals surface area contributed by atoms with E-state index in [1.165, 1.54) is 5.56 Å². The van der Waals surface area contributed by atoms with Gasteiger partial charge in [0.2, 0.25) is 5.91 Å². The van der Waals surface area contributed by atoms with Crippen molar-refractivity contribution in [1.29, 1.82) is 0 Å². The van der Waals surface area contributed by atoms with Gasteiger partial charge in [-0.1, -0.05) is 50.3 Å². The summed E-state index contributed by atoms with van der Waals surface area (Å²) in [5.74, 6) is 1.31. The van der Waals surface area contributed by atoms with Crippen LogP contribution in [0, 0.1) is 5.92 Å². The van der Waals surface area contributed by atoms with E-state index in [1.807, 2.05) is 24.7 Å². The summed E-state index contributed by atoms with van der Waals surface area (Å²) in [5.41, 5.74) is 2.48. The number of carbonyl (C=O) groups excluding carboxylic acids is 1. The van der Waals surface area contributed by atoms with Crippen LogP contribution in [-0.2, 0) is 11.3 Å². The molecule has 3 rings (SSSR count). The highest BCUT2D eigenvalue weighted by Crippen LogP contribution is 2.28. The Morgan fingerprint density at radius 3 is 2.72 bits per heavy atom. The molecule has 4 heteroatoms. The van der Waals surface area contributed by atoms with Crippen molar-refractivity contribution in [3.63, 3.8) is 0 Å². The number of carbonyl (C=O) groups is 1.